The van der Waals surface area contributed by atoms with Crippen LogP contribution in [0.5, 0.6) is 17.5 Å². The summed E-state index contributed by atoms with van der Waals surface area (Å²) in [5.74, 6) is 1.37. The van der Waals surface area contributed by atoms with E-state index in [0.29, 0.717) is 52.6 Å². The molecule has 0 aliphatic carbocycles. The maximum absolute atomic E-state index is 6.60. The summed E-state index contributed by atoms with van der Waals surface area (Å²) in [5, 5.41) is 0.523. The standard InChI is InChI=1S/C26H24ClN3O5/c1-31-19-8-7-16(11-21(19)32-2)14-3-5-15(6-4-14)23-17(27)12-18-25(29-23)30-26(28-18)35-22-13-34-20-9-10-33-24(20)22/h3-8,11-12,20,22,24H,9-10,13H2,1-2H3,(H,28,29,30). The Balaban J connectivity index is 1.25. The van der Waals surface area contributed by atoms with Crippen LogP contribution in [0, 0.1) is 0 Å². The Kier molecular flexibility index (Phi) is 5.72. The first kappa shape index (κ1) is 22.2. The van der Waals surface area contributed by atoms with Gasteiger partial charge >= 0.3 is 0 Å². The van der Waals surface area contributed by atoms with E-state index in [1.165, 1.54) is 0 Å². The highest BCUT2D eigenvalue weighted by Crippen LogP contribution is 2.35. The van der Waals surface area contributed by atoms with E-state index < -0.39 is 0 Å². The summed E-state index contributed by atoms with van der Waals surface area (Å²) in [4.78, 5) is 12.4. The van der Waals surface area contributed by atoms with Gasteiger partial charge in [-0.15, -0.1) is 0 Å². The number of pyridine rings is 1. The fourth-order valence-corrected chi connectivity index (χ4v) is 4.93. The van der Waals surface area contributed by atoms with Crippen molar-refractivity contribution in [3.63, 3.8) is 0 Å². The quantitative estimate of drug-likeness (QED) is 0.409. The zero-order valence-electron chi connectivity index (χ0n) is 19.3. The second-order valence-corrected chi connectivity index (χ2v) is 8.94. The third-order valence-corrected chi connectivity index (χ3v) is 6.75. The van der Waals surface area contributed by atoms with Crippen LogP contribution < -0.4 is 14.2 Å². The predicted molar refractivity (Wildman–Crippen MR) is 131 cm³/mol. The summed E-state index contributed by atoms with van der Waals surface area (Å²) in [7, 11) is 3.25. The highest BCUT2D eigenvalue weighted by atomic mass is 35.5. The van der Waals surface area contributed by atoms with E-state index in [2.05, 4.69) is 9.97 Å². The van der Waals surface area contributed by atoms with Crippen molar-refractivity contribution in [2.24, 2.45) is 0 Å². The van der Waals surface area contributed by atoms with Gasteiger partial charge in [-0.1, -0.05) is 41.9 Å². The molecule has 1 N–H and O–H groups in total. The minimum absolute atomic E-state index is 0.0560. The molecule has 2 aromatic carbocycles. The highest BCUT2D eigenvalue weighted by Gasteiger charge is 2.43. The molecule has 0 bridgehead atoms. The molecule has 9 heteroatoms. The number of imidazole rings is 1. The third-order valence-electron chi connectivity index (χ3n) is 6.46. The first-order valence-corrected chi connectivity index (χ1v) is 11.8. The average Bonchev–Trinajstić information content (AvgIpc) is 3.60. The predicted octanol–water partition coefficient (Wildman–Crippen LogP) is 4.90. The van der Waals surface area contributed by atoms with Crippen LogP contribution in [0.4, 0.5) is 0 Å². The van der Waals surface area contributed by atoms with Gasteiger partial charge in [-0.3, -0.25) is 0 Å². The Morgan fingerprint density at radius 2 is 1.69 bits per heavy atom. The van der Waals surface area contributed by atoms with Gasteiger partial charge < -0.3 is 28.7 Å². The van der Waals surface area contributed by atoms with Gasteiger partial charge in [-0.05, 0) is 35.7 Å². The van der Waals surface area contributed by atoms with Gasteiger partial charge in [0.15, 0.2) is 23.3 Å². The van der Waals surface area contributed by atoms with E-state index in [4.69, 9.17) is 40.3 Å². The van der Waals surface area contributed by atoms with E-state index in [9.17, 15) is 0 Å². The number of nitrogens with zero attached hydrogens (tertiary/aromatic N) is 2. The number of aromatic amines is 1. The molecule has 3 unspecified atom stereocenters. The minimum atomic E-state index is -0.192. The number of H-pyrrole nitrogens is 1. The van der Waals surface area contributed by atoms with Crippen LogP contribution in [0.15, 0.2) is 48.5 Å². The van der Waals surface area contributed by atoms with E-state index in [-0.39, 0.29) is 18.3 Å². The fraction of sp³-hybridized carbons (Fsp3) is 0.308. The number of nitrogens with one attached hydrogen (secondary N) is 1. The Labute approximate surface area is 207 Å². The molecule has 2 fully saturated rings. The zero-order valence-corrected chi connectivity index (χ0v) is 20.0. The van der Waals surface area contributed by atoms with Gasteiger partial charge in [-0.25, -0.2) is 4.98 Å². The fourth-order valence-electron chi connectivity index (χ4n) is 4.66. The molecule has 35 heavy (non-hydrogen) atoms. The van der Waals surface area contributed by atoms with Crippen LogP contribution in [0.2, 0.25) is 5.02 Å². The molecule has 8 nitrogen and oxygen atoms in total. The van der Waals surface area contributed by atoms with Gasteiger partial charge in [-0.2, -0.15) is 4.98 Å². The molecular weight excluding hydrogens is 470 g/mol. The van der Waals surface area contributed by atoms with Gasteiger partial charge in [0, 0.05) is 12.2 Å². The van der Waals surface area contributed by atoms with Crippen molar-refractivity contribution in [3.8, 4) is 39.9 Å². The SMILES string of the molecule is COc1ccc(-c2ccc(-c3nc4nc(OC5COC6CCOC65)[nH]c4cc3Cl)cc2)cc1OC. The monoisotopic (exact) mass is 493 g/mol. The molecule has 2 aliphatic rings. The van der Waals surface area contributed by atoms with Gasteiger partial charge in [0.05, 0.1) is 43.2 Å². The summed E-state index contributed by atoms with van der Waals surface area (Å²) in [6, 6.07) is 16.1. The van der Waals surface area contributed by atoms with Crippen molar-refractivity contribution in [2.75, 3.05) is 27.4 Å². The van der Waals surface area contributed by atoms with Crippen LogP contribution in [0.25, 0.3) is 33.5 Å². The minimum Gasteiger partial charge on any atom is -0.493 e. The van der Waals surface area contributed by atoms with Gasteiger partial charge in [0.2, 0.25) is 0 Å². The zero-order chi connectivity index (χ0) is 23.9. The van der Waals surface area contributed by atoms with Crippen molar-refractivity contribution in [3.05, 3.63) is 53.6 Å². The summed E-state index contributed by atoms with van der Waals surface area (Å²) in [5.41, 5.74) is 4.83. The Morgan fingerprint density at radius 1 is 0.914 bits per heavy atom. The van der Waals surface area contributed by atoms with Crippen LogP contribution in [-0.2, 0) is 9.47 Å². The first-order chi connectivity index (χ1) is 17.1. The molecule has 180 valence electrons. The summed E-state index contributed by atoms with van der Waals surface area (Å²) in [6.07, 6.45) is 0.753. The third kappa shape index (κ3) is 4.07. The lowest BCUT2D eigenvalue weighted by Crippen LogP contribution is -2.32. The molecule has 4 heterocycles. The lowest BCUT2D eigenvalue weighted by molar-refractivity contribution is 0.0273. The van der Waals surface area contributed by atoms with Gasteiger partial charge in [0.1, 0.15) is 6.10 Å². The first-order valence-electron chi connectivity index (χ1n) is 11.4. The van der Waals surface area contributed by atoms with Crippen molar-refractivity contribution < 1.29 is 23.7 Å². The number of hydrogen-bond acceptors (Lipinski definition) is 7. The maximum Gasteiger partial charge on any atom is 0.296 e. The van der Waals surface area contributed by atoms with Crippen molar-refractivity contribution in [2.45, 2.75) is 24.7 Å². The molecule has 2 saturated heterocycles. The van der Waals surface area contributed by atoms with Crippen LogP contribution in [0.3, 0.4) is 0 Å². The number of rotatable bonds is 6. The normalized spacial score (nSPS) is 21.3. The average molecular weight is 494 g/mol. The van der Waals surface area contributed by atoms with Crippen LogP contribution >= 0.6 is 11.6 Å². The molecule has 6 rings (SSSR count). The number of aromatic nitrogens is 3. The second-order valence-electron chi connectivity index (χ2n) is 8.53. The summed E-state index contributed by atoms with van der Waals surface area (Å²) < 4.78 is 28.3. The van der Waals surface area contributed by atoms with E-state index in [0.717, 1.165) is 23.1 Å². The molecule has 4 aromatic rings. The smallest absolute Gasteiger partial charge is 0.296 e. The molecule has 0 amide bonds. The molecule has 0 radical (unpaired) electrons. The number of benzene rings is 2. The van der Waals surface area contributed by atoms with Crippen LogP contribution in [-0.4, -0.2) is 60.7 Å². The van der Waals surface area contributed by atoms with Crippen LogP contribution in [0.1, 0.15) is 6.42 Å². The second kappa shape index (κ2) is 9.03. The number of halogens is 1. The topological polar surface area (TPSA) is 87.7 Å². The molecule has 3 atom stereocenters. The molecule has 0 saturated carbocycles. The van der Waals surface area contributed by atoms with E-state index >= 15 is 0 Å². The highest BCUT2D eigenvalue weighted by molar-refractivity contribution is 6.33. The largest absolute Gasteiger partial charge is 0.493 e. The number of methoxy groups -OCH3 is 2. The van der Waals surface area contributed by atoms with Gasteiger partial charge in [0.25, 0.3) is 6.01 Å². The molecule has 2 aromatic heterocycles. The number of hydrogen-bond donors (Lipinski definition) is 1. The van der Waals surface area contributed by atoms with E-state index in [1.807, 2.05) is 48.5 Å². The lowest BCUT2D eigenvalue weighted by Gasteiger charge is -2.15. The Bertz CT molecular complexity index is 1370. The summed E-state index contributed by atoms with van der Waals surface area (Å²) >= 11 is 6.60. The molecule has 2 aliphatic heterocycles. The molecule has 0 spiro atoms. The Hall–Kier alpha value is -3.33. The lowest BCUT2D eigenvalue weighted by atomic mass is 10.0. The number of fused-ring (bicyclic) bond motifs is 2. The summed E-state index contributed by atoms with van der Waals surface area (Å²) in [6.45, 7) is 1.18. The van der Waals surface area contributed by atoms with Crippen molar-refractivity contribution >= 4 is 22.8 Å². The number of ether oxygens (including phenoxy) is 5. The van der Waals surface area contributed by atoms with Crippen molar-refractivity contribution in [1.29, 1.82) is 0 Å². The Morgan fingerprint density at radius 3 is 2.49 bits per heavy atom. The van der Waals surface area contributed by atoms with E-state index in [1.54, 1.807) is 14.2 Å². The van der Waals surface area contributed by atoms with Crippen molar-refractivity contribution in [1.82, 2.24) is 15.0 Å². The maximum atomic E-state index is 6.60. The molecular formula is C26H24ClN3O5.